The van der Waals surface area contributed by atoms with Gasteiger partial charge >= 0.3 is 0 Å². The minimum absolute atomic E-state index is 0.381. The monoisotopic (exact) mass is 290 g/mol. The van der Waals surface area contributed by atoms with Crippen molar-refractivity contribution < 1.29 is 0 Å². The third kappa shape index (κ3) is 2.83. The molecular weight excluding hydrogens is 280 g/mol. The molecule has 3 aromatic rings. The van der Waals surface area contributed by atoms with Gasteiger partial charge in [-0.15, -0.1) is 28.0 Å². The van der Waals surface area contributed by atoms with Crippen LogP contribution in [0, 0.1) is 0 Å². The van der Waals surface area contributed by atoms with E-state index in [4.69, 9.17) is 11.6 Å². The molecule has 0 saturated heterocycles. The third-order valence-electron chi connectivity index (χ3n) is 2.62. The van der Waals surface area contributed by atoms with Gasteiger partial charge in [-0.2, -0.15) is 0 Å². The van der Waals surface area contributed by atoms with E-state index in [0.29, 0.717) is 12.4 Å². The van der Waals surface area contributed by atoms with Crippen LogP contribution in [-0.4, -0.2) is 20.0 Å². The lowest BCUT2D eigenvalue weighted by Crippen LogP contribution is -2.00. The number of thiazole rings is 1. The first-order valence-corrected chi connectivity index (χ1v) is 7.21. The average molecular weight is 291 g/mol. The molecule has 0 spiro atoms. The molecule has 3 rings (SSSR count). The van der Waals surface area contributed by atoms with Gasteiger partial charge in [0.05, 0.1) is 30.0 Å². The van der Waals surface area contributed by atoms with Crippen LogP contribution in [0.1, 0.15) is 11.4 Å². The van der Waals surface area contributed by atoms with Crippen LogP contribution in [0.3, 0.4) is 0 Å². The van der Waals surface area contributed by atoms with Crippen molar-refractivity contribution in [2.75, 3.05) is 0 Å². The lowest BCUT2D eigenvalue weighted by molar-refractivity contribution is 0.641. The minimum Gasteiger partial charge on any atom is -0.246 e. The summed E-state index contributed by atoms with van der Waals surface area (Å²) in [6.07, 6.45) is 1.84. The van der Waals surface area contributed by atoms with Gasteiger partial charge in [0.15, 0.2) is 0 Å². The van der Waals surface area contributed by atoms with Gasteiger partial charge in [0.2, 0.25) is 0 Å². The van der Waals surface area contributed by atoms with Gasteiger partial charge in [-0.05, 0) is 0 Å². The number of hydrogen-bond acceptors (Lipinski definition) is 4. The number of hydrogen-bond donors (Lipinski definition) is 0. The van der Waals surface area contributed by atoms with Crippen LogP contribution in [0.4, 0.5) is 0 Å². The molecular formula is C13H11ClN4S. The standard InChI is InChI=1S/C13H11ClN4S/c14-6-11-7-18(17-16-11)8-12-9-19-13(15-12)10-4-2-1-3-5-10/h1-5,7,9H,6,8H2. The Balaban J connectivity index is 1.78. The molecule has 1 aromatic carbocycles. The van der Waals surface area contributed by atoms with Crippen LogP contribution in [0.15, 0.2) is 41.9 Å². The highest BCUT2D eigenvalue weighted by atomic mass is 35.5. The fraction of sp³-hybridized carbons (Fsp3) is 0.154. The Labute approximate surface area is 119 Å². The Morgan fingerprint density at radius 1 is 1.16 bits per heavy atom. The SMILES string of the molecule is ClCc1cn(Cc2csc(-c3ccccc3)n2)nn1. The van der Waals surface area contributed by atoms with Gasteiger partial charge in [0.1, 0.15) is 5.01 Å². The number of rotatable bonds is 4. The summed E-state index contributed by atoms with van der Waals surface area (Å²) in [7, 11) is 0. The lowest BCUT2D eigenvalue weighted by atomic mass is 10.2. The van der Waals surface area contributed by atoms with Crippen LogP contribution >= 0.6 is 22.9 Å². The highest BCUT2D eigenvalue weighted by Crippen LogP contribution is 2.23. The van der Waals surface area contributed by atoms with Gasteiger partial charge in [0, 0.05) is 10.9 Å². The Morgan fingerprint density at radius 3 is 2.74 bits per heavy atom. The molecule has 19 heavy (non-hydrogen) atoms. The zero-order valence-electron chi connectivity index (χ0n) is 10.0. The van der Waals surface area contributed by atoms with E-state index in [9.17, 15) is 0 Å². The maximum absolute atomic E-state index is 5.70. The summed E-state index contributed by atoms with van der Waals surface area (Å²) in [5.41, 5.74) is 2.90. The van der Waals surface area contributed by atoms with Crippen LogP contribution in [0.5, 0.6) is 0 Å². The van der Waals surface area contributed by atoms with Gasteiger partial charge in [-0.25, -0.2) is 9.67 Å². The van der Waals surface area contributed by atoms with Crippen LogP contribution in [0.25, 0.3) is 10.6 Å². The summed E-state index contributed by atoms with van der Waals surface area (Å²) in [6.45, 7) is 0.618. The Morgan fingerprint density at radius 2 is 2.00 bits per heavy atom. The number of halogens is 1. The second-order valence-electron chi connectivity index (χ2n) is 4.05. The fourth-order valence-corrected chi connectivity index (χ4v) is 2.68. The highest BCUT2D eigenvalue weighted by molar-refractivity contribution is 7.13. The van der Waals surface area contributed by atoms with Crippen LogP contribution < -0.4 is 0 Å². The van der Waals surface area contributed by atoms with Crippen molar-refractivity contribution in [3.8, 4) is 10.6 Å². The maximum Gasteiger partial charge on any atom is 0.123 e. The van der Waals surface area contributed by atoms with E-state index in [0.717, 1.165) is 22.0 Å². The molecule has 0 aliphatic heterocycles. The molecule has 0 amide bonds. The molecule has 0 atom stereocenters. The first-order chi connectivity index (χ1) is 9.35. The second-order valence-corrected chi connectivity index (χ2v) is 5.18. The average Bonchev–Trinajstić information content (AvgIpc) is 3.09. The van der Waals surface area contributed by atoms with Crippen molar-refractivity contribution in [3.63, 3.8) is 0 Å². The topological polar surface area (TPSA) is 43.6 Å². The molecule has 0 aliphatic rings. The quantitative estimate of drug-likeness (QED) is 0.693. The third-order valence-corrected chi connectivity index (χ3v) is 3.83. The van der Waals surface area contributed by atoms with Gasteiger partial charge in [-0.3, -0.25) is 0 Å². The normalized spacial score (nSPS) is 10.8. The maximum atomic E-state index is 5.70. The molecule has 2 aromatic heterocycles. The summed E-state index contributed by atoms with van der Waals surface area (Å²) in [5, 5.41) is 11.0. The molecule has 2 heterocycles. The summed E-state index contributed by atoms with van der Waals surface area (Å²) in [5.74, 6) is 0.381. The Kier molecular flexibility index (Phi) is 3.57. The van der Waals surface area contributed by atoms with E-state index in [1.807, 2.05) is 29.8 Å². The van der Waals surface area contributed by atoms with E-state index in [-0.39, 0.29) is 0 Å². The highest BCUT2D eigenvalue weighted by Gasteiger charge is 2.06. The minimum atomic E-state index is 0.381. The van der Waals surface area contributed by atoms with Crippen molar-refractivity contribution in [3.05, 3.63) is 53.3 Å². The van der Waals surface area contributed by atoms with Crippen molar-refractivity contribution in [2.24, 2.45) is 0 Å². The summed E-state index contributed by atoms with van der Waals surface area (Å²) >= 11 is 7.33. The smallest absolute Gasteiger partial charge is 0.123 e. The number of benzene rings is 1. The summed E-state index contributed by atoms with van der Waals surface area (Å²) in [6, 6.07) is 10.1. The molecule has 96 valence electrons. The van der Waals surface area contributed by atoms with Crippen molar-refractivity contribution >= 4 is 22.9 Å². The molecule has 0 unspecified atom stereocenters. The van der Waals surface area contributed by atoms with E-state index in [1.54, 1.807) is 16.0 Å². The molecule has 0 radical (unpaired) electrons. The fourth-order valence-electron chi connectivity index (χ4n) is 1.74. The molecule has 0 N–H and O–H groups in total. The Hall–Kier alpha value is -1.72. The van der Waals surface area contributed by atoms with Crippen molar-refractivity contribution in [1.82, 2.24) is 20.0 Å². The van der Waals surface area contributed by atoms with Gasteiger partial charge in [0.25, 0.3) is 0 Å². The Bertz CT molecular complexity index is 662. The molecule has 0 bridgehead atoms. The lowest BCUT2D eigenvalue weighted by Gasteiger charge is -1.96. The van der Waals surface area contributed by atoms with E-state index in [2.05, 4.69) is 27.4 Å². The zero-order valence-corrected chi connectivity index (χ0v) is 11.6. The number of nitrogens with zero attached hydrogens (tertiary/aromatic N) is 4. The van der Waals surface area contributed by atoms with Gasteiger partial charge in [-0.1, -0.05) is 35.5 Å². The summed E-state index contributed by atoms with van der Waals surface area (Å²) in [4.78, 5) is 4.61. The predicted octanol–water partition coefficient (Wildman–Crippen LogP) is 3.19. The zero-order chi connectivity index (χ0) is 13.1. The first kappa shape index (κ1) is 12.3. The van der Waals surface area contributed by atoms with Crippen molar-refractivity contribution in [1.29, 1.82) is 0 Å². The van der Waals surface area contributed by atoms with Crippen LogP contribution in [0.2, 0.25) is 0 Å². The molecule has 0 fully saturated rings. The second kappa shape index (κ2) is 5.50. The number of alkyl halides is 1. The van der Waals surface area contributed by atoms with E-state index >= 15 is 0 Å². The molecule has 0 aliphatic carbocycles. The molecule has 6 heteroatoms. The first-order valence-electron chi connectivity index (χ1n) is 5.80. The van der Waals surface area contributed by atoms with Gasteiger partial charge < -0.3 is 0 Å². The van der Waals surface area contributed by atoms with Crippen LogP contribution in [-0.2, 0) is 12.4 Å². The molecule has 0 saturated carbocycles. The molecule has 4 nitrogen and oxygen atoms in total. The van der Waals surface area contributed by atoms with E-state index < -0.39 is 0 Å². The summed E-state index contributed by atoms with van der Waals surface area (Å²) < 4.78 is 1.75. The van der Waals surface area contributed by atoms with E-state index in [1.165, 1.54) is 0 Å². The largest absolute Gasteiger partial charge is 0.246 e. The number of aromatic nitrogens is 4. The van der Waals surface area contributed by atoms with Crippen molar-refractivity contribution in [2.45, 2.75) is 12.4 Å². The predicted molar refractivity (Wildman–Crippen MR) is 76.2 cm³/mol.